The number of halogens is 3. The summed E-state index contributed by atoms with van der Waals surface area (Å²) in [7, 11) is 0. The number of alkyl halides is 3. The van der Waals surface area contributed by atoms with Crippen molar-refractivity contribution in [1.29, 1.82) is 5.26 Å². The predicted octanol–water partition coefficient (Wildman–Crippen LogP) is 5.44. The van der Waals surface area contributed by atoms with E-state index < -0.39 is 6.36 Å². The Morgan fingerprint density at radius 2 is 1.85 bits per heavy atom. The van der Waals surface area contributed by atoms with E-state index in [-0.39, 0.29) is 11.8 Å². The Hall–Kier alpha value is -2.88. The number of nitrogens with one attached hydrogen (secondary N) is 1. The molecule has 0 saturated heterocycles. The van der Waals surface area contributed by atoms with Crippen molar-refractivity contribution in [1.82, 2.24) is 0 Å². The van der Waals surface area contributed by atoms with Crippen molar-refractivity contribution in [2.24, 2.45) is 0 Å². The van der Waals surface area contributed by atoms with Crippen LogP contribution in [0.2, 0.25) is 0 Å². The molecule has 1 N–H and O–H groups in total. The quantitative estimate of drug-likeness (QED) is 0.634. The molecule has 0 aliphatic carbocycles. The van der Waals surface area contributed by atoms with Crippen molar-refractivity contribution in [2.75, 3.05) is 11.9 Å². The van der Waals surface area contributed by atoms with Gasteiger partial charge in [0.1, 0.15) is 11.5 Å². The van der Waals surface area contributed by atoms with Gasteiger partial charge in [-0.15, -0.1) is 13.2 Å². The average Bonchev–Trinajstić information content (AvgIpc) is 2.58. The molecule has 0 bridgehead atoms. The van der Waals surface area contributed by atoms with Crippen LogP contribution in [0, 0.1) is 11.3 Å². The molecule has 2 aromatic rings. The predicted molar refractivity (Wildman–Crippen MR) is 91.9 cm³/mol. The van der Waals surface area contributed by atoms with Gasteiger partial charge in [-0.3, -0.25) is 0 Å². The van der Waals surface area contributed by atoms with Crippen molar-refractivity contribution < 1.29 is 22.6 Å². The molecule has 0 radical (unpaired) electrons. The molecule has 0 spiro atoms. The van der Waals surface area contributed by atoms with Gasteiger partial charge in [0.15, 0.2) is 0 Å². The Morgan fingerprint density at radius 1 is 1.12 bits per heavy atom. The van der Waals surface area contributed by atoms with Gasteiger partial charge in [-0.25, -0.2) is 0 Å². The first kappa shape index (κ1) is 19.4. The summed E-state index contributed by atoms with van der Waals surface area (Å²) in [6.45, 7) is 2.37. The molecule has 138 valence electrons. The van der Waals surface area contributed by atoms with Gasteiger partial charge < -0.3 is 14.8 Å². The van der Waals surface area contributed by atoms with Crippen LogP contribution in [0.4, 0.5) is 18.9 Å². The van der Waals surface area contributed by atoms with Crippen LogP contribution in [-0.2, 0) is 0 Å². The van der Waals surface area contributed by atoms with E-state index in [0.717, 1.165) is 11.3 Å². The summed E-state index contributed by atoms with van der Waals surface area (Å²) in [6, 6.07) is 15.1. The lowest BCUT2D eigenvalue weighted by Crippen LogP contribution is -2.17. The van der Waals surface area contributed by atoms with E-state index in [1.54, 1.807) is 12.1 Å². The lowest BCUT2D eigenvalue weighted by Gasteiger charge is -2.17. The fourth-order valence-electron chi connectivity index (χ4n) is 2.31. The van der Waals surface area contributed by atoms with Gasteiger partial charge in [0.25, 0.3) is 0 Å². The normalized spacial score (nSPS) is 12.1. The Bertz CT molecular complexity index is 740. The minimum atomic E-state index is -4.70. The van der Waals surface area contributed by atoms with Gasteiger partial charge >= 0.3 is 6.36 Å². The standard InChI is InChI=1S/C19H19F3N2O2/c1-14(15-7-9-17(10-8-15)26-19(20,21)22)24-16-5-4-6-18(13-16)25-12-3-2-11-23/h4-10,13-14,24H,2-3,12H2,1H3. The van der Waals surface area contributed by atoms with E-state index in [1.165, 1.54) is 12.1 Å². The summed E-state index contributed by atoms with van der Waals surface area (Å²) in [5.41, 5.74) is 1.64. The van der Waals surface area contributed by atoms with Crippen LogP contribution in [0.25, 0.3) is 0 Å². The van der Waals surface area contributed by atoms with Gasteiger partial charge in [-0.2, -0.15) is 5.26 Å². The first-order valence-electron chi connectivity index (χ1n) is 8.09. The van der Waals surface area contributed by atoms with Crippen LogP contribution in [0.3, 0.4) is 0 Å². The Morgan fingerprint density at radius 3 is 2.50 bits per heavy atom. The van der Waals surface area contributed by atoms with Crippen molar-refractivity contribution in [3.8, 4) is 17.6 Å². The van der Waals surface area contributed by atoms with Gasteiger partial charge in [-0.05, 0) is 43.2 Å². The second-order valence-corrected chi connectivity index (χ2v) is 5.62. The third-order valence-corrected chi connectivity index (χ3v) is 3.53. The summed E-state index contributed by atoms with van der Waals surface area (Å²) in [5, 5.41) is 11.8. The maximum absolute atomic E-state index is 12.2. The summed E-state index contributed by atoms with van der Waals surface area (Å²) in [6.07, 6.45) is -3.58. The molecule has 0 aromatic heterocycles. The number of rotatable bonds is 8. The maximum Gasteiger partial charge on any atom is 0.573 e. The molecular weight excluding hydrogens is 345 g/mol. The number of ether oxygens (including phenoxy) is 2. The molecule has 1 atom stereocenters. The number of hydrogen-bond donors (Lipinski definition) is 1. The number of nitrogens with zero attached hydrogens (tertiary/aromatic N) is 1. The molecule has 0 saturated carbocycles. The van der Waals surface area contributed by atoms with Gasteiger partial charge in [-0.1, -0.05) is 18.2 Å². The smallest absolute Gasteiger partial charge is 0.493 e. The SMILES string of the molecule is CC(Nc1cccc(OCCCC#N)c1)c1ccc(OC(F)(F)F)cc1. The Labute approximate surface area is 150 Å². The highest BCUT2D eigenvalue weighted by molar-refractivity contribution is 5.50. The average molecular weight is 364 g/mol. The van der Waals surface area contributed by atoms with Gasteiger partial charge in [0.05, 0.1) is 12.7 Å². The monoisotopic (exact) mass is 364 g/mol. The number of unbranched alkanes of at least 4 members (excludes halogenated alkanes) is 1. The third kappa shape index (κ3) is 6.55. The first-order chi connectivity index (χ1) is 12.4. The summed E-state index contributed by atoms with van der Waals surface area (Å²) in [5.74, 6) is 0.440. The van der Waals surface area contributed by atoms with Crippen LogP contribution < -0.4 is 14.8 Å². The number of hydrogen-bond acceptors (Lipinski definition) is 4. The second kappa shape index (κ2) is 8.99. The maximum atomic E-state index is 12.2. The summed E-state index contributed by atoms with van der Waals surface area (Å²) in [4.78, 5) is 0. The highest BCUT2D eigenvalue weighted by atomic mass is 19.4. The van der Waals surface area contributed by atoms with Crippen molar-refractivity contribution in [3.63, 3.8) is 0 Å². The topological polar surface area (TPSA) is 54.3 Å². The van der Waals surface area contributed by atoms with Crippen LogP contribution in [0.15, 0.2) is 48.5 Å². The van der Waals surface area contributed by atoms with Crippen LogP contribution >= 0.6 is 0 Å². The second-order valence-electron chi connectivity index (χ2n) is 5.62. The first-order valence-corrected chi connectivity index (χ1v) is 8.09. The summed E-state index contributed by atoms with van der Waals surface area (Å²) >= 11 is 0. The zero-order valence-electron chi connectivity index (χ0n) is 14.2. The van der Waals surface area contributed by atoms with Crippen molar-refractivity contribution in [2.45, 2.75) is 32.2 Å². The minimum absolute atomic E-state index is 0.122. The third-order valence-electron chi connectivity index (χ3n) is 3.53. The molecular formula is C19H19F3N2O2. The molecule has 0 aliphatic heterocycles. The van der Waals surface area contributed by atoms with E-state index in [0.29, 0.717) is 25.2 Å². The number of nitriles is 1. The zero-order valence-corrected chi connectivity index (χ0v) is 14.2. The fourth-order valence-corrected chi connectivity index (χ4v) is 2.31. The van der Waals surface area contributed by atoms with E-state index in [9.17, 15) is 13.2 Å². The minimum Gasteiger partial charge on any atom is -0.493 e. The van der Waals surface area contributed by atoms with Crippen molar-refractivity contribution in [3.05, 3.63) is 54.1 Å². The molecule has 1 unspecified atom stereocenters. The summed E-state index contributed by atoms with van der Waals surface area (Å²) < 4.78 is 46.0. The lowest BCUT2D eigenvalue weighted by atomic mass is 10.1. The van der Waals surface area contributed by atoms with E-state index >= 15 is 0 Å². The van der Waals surface area contributed by atoms with Crippen LogP contribution in [0.5, 0.6) is 11.5 Å². The van der Waals surface area contributed by atoms with Crippen LogP contribution in [-0.4, -0.2) is 13.0 Å². The fraction of sp³-hybridized carbons (Fsp3) is 0.316. The largest absolute Gasteiger partial charge is 0.573 e. The Kier molecular flexibility index (Phi) is 6.73. The highest BCUT2D eigenvalue weighted by Crippen LogP contribution is 2.26. The molecule has 2 rings (SSSR count). The number of benzene rings is 2. The molecule has 0 amide bonds. The molecule has 7 heteroatoms. The van der Waals surface area contributed by atoms with Crippen molar-refractivity contribution >= 4 is 5.69 Å². The van der Waals surface area contributed by atoms with E-state index in [4.69, 9.17) is 10.00 Å². The number of anilines is 1. The van der Waals surface area contributed by atoms with E-state index in [2.05, 4.69) is 16.1 Å². The zero-order chi connectivity index (χ0) is 19.0. The van der Waals surface area contributed by atoms with Crippen LogP contribution in [0.1, 0.15) is 31.4 Å². The molecule has 0 aliphatic rings. The molecule has 26 heavy (non-hydrogen) atoms. The Balaban J connectivity index is 1.94. The highest BCUT2D eigenvalue weighted by Gasteiger charge is 2.31. The molecule has 0 fully saturated rings. The molecule has 0 heterocycles. The van der Waals surface area contributed by atoms with Gasteiger partial charge in [0, 0.05) is 24.2 Å². The van der Waals surface area contributed by atoms with E-state index in [1.807, 2.05) is 31.2 Å². The molecule has 4 nitrogen and oxygen atoms in total. The lowest BCUT2D eigenvalue weighted by molar-refractivity contribution is -0.274. The molecule has 2 aromatic carbocycles. The van der Waals surface area contributed by atoms with Gasteiger partial charge in [0.2, 0.25) is 0 Å².